The van der Waals surface area contributed by atoms with E-state index in [9.17, 15) is 0 Å². The number of hydrogen-bond donors (Lipinski definition) is 0. The summed E-state index contributed by atoms with van der Waals surface area (Å²) in [7, 11) is 0. The molecule has 6 rings (SSSR count). The first-order valence-electron chi connectivity index (χ1n) is 15.4. The van der Waals surface area contributed by atoms with Gasteiger partial charge in [-0.1, -0.05) is 0 Å². The zero-order valence-electron chi connectivity index (χ0n) is 26.2. The molecule has 0 aromatic heterocycles. The molecule has 2 aliphatic rings. The Bertz CT molecular complexity index is 1750. The Kier molecular flexibility index (Phi) is 6.40. The summed E-state index contributed by atoms with van der Waals surface area (Å²) in [4.78, 5) is 0. The van der Waals surface area contributed by atoms with Gasteiger partial charge in [0.2, 0.25) is 0 Å². The molecule has 0 amide bonds. The monoisotopic (exact) mass is 705 g/mol. The van der Waals surface area contributed by atoms with Crippen molar-refractivity contribution in [2.45, 2.75) is 62.4 Å². The van der Waals surface area contributed by atoms with Gasteiger partial charge < -0.3 is 0 Å². The van der Waals surface area contributed by atoms with Gasteiger partial charge in [0, 0.05) is 0 Å². The van der Waals surface area contributed by atoms with Crippen molar-refractivity contribution in [1.29, 1.82) is 0 Å². The molecule has 2 aliphatic carbocycles. The average Bonchev–Trinajstić information content (AvgIpc) is 3.58. The van der Waals surface area contributed by atoms with E-state index in [4.69, 9.17) is 0 Å². The van der Waals surface area contributed by atoms with E-state index in [2.05, 4.69) is 150 Å². The quantitative estimate of drug-likeness (QED) is 0.182. The van der Waals surface area contributed by atoms with Gasteiger partial charge in [0.05, 0.1) is 0 Å². The van der Waals surface area contributed by atoms with E-state index >= 15 is 0 Å². The third kappa shape index (κ3) is 4.14. The summed E-state index contributed by atoms with van der Waals surface area (Å²) in [6, 6.07) is 27.6. The standard InChI is InChI=1S/2C17H15.C3H6.3CH3.Hf/c2*1-12-6-3-9-15(13(12)2)17-11-5-8-14-7-4-10-16(14)17;1-3-2;;;;/h2*3-11H,1-2H3;1H,3H2,2H3;3*1H3;. The second kappa shape index (κ2) is 9.30. The Balaban J connectivity index is 1.55. The van der Waals surface area contributed by atoms with E-state index in [0.717, 1.165) is 6.42 Å². The molecule has 0 radical (unpaired) electrons. The van der Waals surface area contributed by atoms with Crippen molar-refractivity contribution in [2.24, 2.45) is 0 Å². The minimum absolute atomic E-state index is 0.426. The summed E-state index contributed by atoms with van der Waals surface area (Å²) >= 11 is -4.44. The minimum atomic E-state index is -4.44. The van der Waals surface area contributed by atoms with Crippen molar-refractivity contribution >= 4 is 15.9 Å². The molecule has 0 aliphatic heterocycles. The Morgan fingerprint density at radius 3 is 1.37 bits per heavy atom. The van der Waals surface area contributed by atoms with Crippen LogP contribution in [0.5, 0.6) is 0 Å². The molecule has 0 spiro atoms. The number of hydrogen-bond acceptors (Lipinski definition) is 0. The molecule has 0 saturated heterocycles. The Morgan fingerprint density at radius 2 is 0.951 bits per heavy atom. The van der Waals surface area contributed by atoms with E-state index < -0.39 is 16.5 Å². The van der Waals surface area contributed by atoms with Crippen LogP contribution in [-0.2, 0) is 16.5 Å². The number of rotatable bonds is 5. The van der Waals surface area contributed by atoms with Crippen LogP contribution in [-0.4, -0.2) is 3.76 Å². The van der Waals surface area contributed by atoms with Crippen LogP contribution < -0.4 is 0 Å². The normalized spacial score (nSPS) is 19.0. The van der Waals surface area contributed by atoms with Crippen LogP contribution in [0.3, 0.4) is 0 Å². The number of benzene rings is 4. The molecule has 41 heavy (non-hydrogen) atoms. The number of aryl methyl sites for hydroxylation is 2. The first kappa shape index (κ1) is 28.2. The summed E-state index contributed by atoms with van der Waals surface area (Å²) in [5, 5.41) is 0. The van der Waals surface area contributed by atoms with Crippen LogP contribution in [0.1, 0.15) is 65.2 Å². The first-order valence-corrected chi connectivity index (χ1v) is 32.4. The van der Waals surface area contributed by atoms with E-state index in [1.165, 1.54) is 66.8 Å². The fourth-order valence-electron chi connectivity index (χ4n) is 8.62. The molecular weight excluding hydrogens is 659 g/mol. The third-order valence-electron chi connectivity index (χ3n) is 11.3. The molecule has 0 nitrogen and oxygen atoms in total. The topological polar surface area (TPSA) is 0 Å². The van der Waals surface area contributed by atoms with Gasteiger partial charge in [0.15, 0.2) is 0 Å². The SMILES string of the molecule is CC[CH]=[Hf]([CH3])([CH3])([CH3])([CH]1C=Cc2c(-c3cccc(C)c3C)cccc21)[CH]1C=Cc2c(-c3cccc(C)c3C)cccc21. The maximum atomic E-state index is 2.83. The molecule has 0 saturated carbocycles. The summed E-state index contributed by atoms with van der Waals surface area (Å²) in [5.41, 5.74) is 16.8. The van der Waals surface area contributed by atoms with Crippen molar-refractivity contribution in [2.75, 3.05) is 0 Å². The summed E-state index contributed by atoms with van der Waals surface area (Å²) < 4.78 is 11.9. The predicted octanol–water partition coefficient (Wildman–Crippen LogP) is 11.7. The second-order valence-electron chi connectivity index (χ2n) is 15.0. The zero-order chi connectivity index (χ0) is 29.2. The number of fused-ring (bicyclic) bond motifs is 2. The van der Waals surface area contributed by atoms with E-state index in [1.807, 2.05) is 0 Å². The Labute approximate surface area is 245 Å². The van der Waals surface area contributed by atoms with Crippen LogP contribution >= 0.6 is 0 Å². The first-order chi connectivity index (χ1) is 19.4. The van der Waals surface area contributed by atoms with Gasteiger partial charge in [-0.25, -0.2) is 0 Å². The van der Waals surface area contributed by atoms with Crippen molar-refractivity contribution in [3.05, 3.63) is 129 Å². The summed E-state index contributed by atoms with van der Waals surface area (Å²) in [6.45, 7) is 11.3. The predicted molar refractivity (Wildman–Crippen MR) is 180 cm³/mol. The van der Waals surface area contributed by atoms with Gasteiger partial charge in [-0.2, -0.15) is 0 Å². The van der Waals surface area contributed by atoms with Crippen LogP contribution in [0.2, 0.25) is 14.0 Å². The molecule has 0 heterocycles. The average molecular weight is 704 g/mol. The van der Waals surface area contributed by atoms with Crippen molar-refractivity contribution < 1.29 is 16.5 Å². The fraction of sp³-hybridized carbons (Fsp3) is 0.275. The van der Waals surface area contributed by atoms with Gasteiger partial charge in [-0.15, -0.1) is 0 Å². The van der Waals surface area contributed by atoms with Gasteiger partial charge in [0.1, 0.15) is 0 Å². The molecule has 0 fully saturated rings. The molecular formula is C40H45Hf. The van der Waals surface area contributed by atoms with Crippen molar-refractivity contribution in [3.63, 3.8) is 0 Å². The van der Waals surface area contributed by atoms with E-state index in [0.29, 0.717) is 7.35 Å². The third-order valence-corrected chi connectivity index (χ3v) is 41.0. The maximum absolute atomic E-state index is 4.44. The molecule has 0 bridgehead atoms. The summed E-state index contributed by atoms with van der Waals surface area (Å²) in [5.74, 6) is 0. The van der Waals surface area contributed by atoms with Gasteiger partial charge in [0.25, 0.3) is 0 Å². The second-order valence-corrected chi connectivity index (χ2v) is 54.0. The Morgan fingerprint density at radius 1 is 0.561 bits per heavy atom. The molecule has 1 heteroatoms. The zero-order valence-corrected chi connectivity index (χ0v) is 29.8. The van der Waals surface area contributed by atoms with Crippen LogP contribution in [0.25, 0.3) is 34.4 Å². The number of allylic oxidation sites excluding steroid dienone is 2. The van der Waals surface area contributed by atoms with Gasteiger partial charge in [-0.05, 0) is 0 Å². The molecule has 4 aromatic rings. The molecule has 4 aromatic carbocycles. The molecule has 2 atom stereocenters. The van der Waals surface area contributed by atoms with E-state index in [-0.39, 0.29) is 0 Å². The Hall–Kier alpha value is -2.90. The molecule has 0 N–H and O–H groups in total. The van der Waals surface area contributed by atoms with Crippen LogP contribution in [0.4, 0.5) is 0 Å². The molecule has 209 valence electrons. The van der Waals surface area contributed by atoms with Crippen molar-refractivity contribution in [1.82, 2.24) is 0 Å². The summed E-state index contributed by atoms with van der Waals surface area (Å²) in [6.07, 6.45) is 11.2. The van der Waals surface area contributed by atoms with Gasteiger partial charge >= 0.3 is 247 Å². The fourth-order valence-corrected chi connectivity index (χ4v) is 35.5. The van der Waals surface area contributed by atoms with Crippen molar-refractivity contribution in [3.8, 4) is 22.3 Å². The van der Waals surface area contributed by atoms with Gasteiger partial charge in [-0.3, -0.25) is 0 Å². The van der Waals surface area contributed by atoms with Crippen LogP contribution in [0.15, 0.2) is 84.9 Å². The molecule has 2 unspecified atom stereocenters. The van der Waals surface area contributed by atoms with Crippen LogP contribution in [0, 0.1) is 27.7 Å². The van der Waals surface area contributed by atoms with E-state index in [1.54, 1.807) is 0 Å².